The van der Waals surface area contributed by atoms with Gasteiger partial charge in [-0.05, 0) is 37.9 Å². The zero-order valence-electron chi connectivity index (χ0n) is 10.8. The molecule has 0 aliphatic heterocycles. The van der Waals surface area contributed by atoms with Crippen LogP contribution in [-0.2, 0) is 9.53 Å². The number of hydrogen-bond acceptors (Lipinski definition) is 3. The number of ether oxygens (including phenoxy) is 1. The molecule has 0 saturated carbocycles. The fourth-order valence-electron chi connectivity index (χ4n) is 1.75. The quantitative estimate of drug-likeness (QED) is 0.770. The summed E-state index contributed by atoms with van der Waals surface area (Å²) >= 11 is 0. The number of hydrogen-bond donors (Lipinski definition) is 1. The lowest BCUT2D eigenvalue weighted by atomic mass is 10.0. The fourth-order valence-corrected chi connectivity index (χ4v) is 1.75. The lowest BCUT2D eigenvalue weighted by Gasteiger charge is -2.19. The van der Waals surface area contributed by atoms with Gasteiger partial charge in [0.25, 0.3) is 0 Å². The van der Waals surface area contributed by atoms with E-state index in [9.17, 15) is 4.79 Å². The summed E-state index contributed by atoms with van der Waals surface area (Å²) in [4.78, 5) is 11.9. The molecule has 0 fully saturated rings. The SMILES string of the molecule is CCCNC(C(=O)OCC)c1ccccc1C. The van der Waals surface area contributed by atoms with Gasteiger partial charge in [-0.2, -0.15) is 0 Å². The number of benzene rings is 1. The summed E-state index contributed by atoms with van der Waals surface area (Å²) in [7, 11) is 0. The molecular formula is C14H21NO2. The molecule has 1 unspecified atom stereocenters. The first-order chi connectivity index (χ1) is 8.20. The predicted octanol–water partition coefficient (Wildman–Crippen LogP) is 2.60. The predicted molar refractivity (Wildman–Crippen MR) is 68.8 cm³/mol. The first-order valence-corrected chi connectivity index (χ1v) is 6.16. The number of rotatable bonds is 6. The van der Waals surface area contributed by atoms with Crippen molar-refractivity contribution in [1.82, 2.24) is 5.32 Å². The van der Waals surface area contributed by atoms with Crippen molar-refractivity contribution in [1.29, 1.82) is 0 Å². The van der Waals surface area contributed by atoms with Crippen LogP contribution in [0.25, 0.3) is 0 Å². The largest absolute Gasteiger partial charge is 0.465 e. The Kier molecular flexibility index (Phi) is 5.70. The maximum absolute atomic E-state index is 11.9. The Balaban J connectivity index is 2.89. The zero-order valence-corrected chi connectivity index (χ0v) is 10.8. The van der Waals surface area contributed by atoms with E-state index in [2.05, 4.69) is 12.2 Å². The van der Waals surface area contributed by atoms with Crippen LogP contribution in [-0.4, -0.2) is 19.1 Å². The fraction of sp³-hybridized carbons (Fsp3) is 0.500. The third-order valence-corrected chi connectivity index (χ3v) is 2.62. The molecule has 0 bridgehead atoms. The van der Waals surface area contributed by atoms with Gasteiger partial charge in [0.15, 0.2) is 0 Å². The van der Waals surface area contributed by atoms with Gasteiger partial charge in [-0.1, -0.05) is 31.2 Å². The molecule has 0 aliphatic carbocycles. The lowest BCUT2D eigenvalue weighted by Crippen LogP contribution is -2.31. The van der Waals surface area contributed by atoms with Crippen molar-refractivity contribution in [3.8, 4) is 0 Å². The second-order valence-corrected chi connectivity index (χ2v) is 4.00. The van der Waals surface area contributed by atoms with Crippen LogP contribution in [0.3, 0.4) is 0 Å². The summed E-state index contributed by atoms with van der Waals surface area (Å²) < 4.78 is 5.11. The summed E-state index contributed by atoms with van der Waals surface area (Å²) in [6, 6.07) is 7.55. The van der Waals surface area contributed by atoms with Crippen molar-refractivity contribution in [2.75, 3.05) is 13.2 Å². The van der Waals surface area contributed by atoms with Crippen LogP contribution in [0.1, 0.15) is 37.4 Å². The van der Waals surface area contributed by atoms with Gasteiger partial charge in [0, 0.05) is 0 Å². The number of carbonyl (C=O) groups is 1. The third-order valence-electron chi connectivity index (χ3n) is 2.62. The zero-order chi connectivity index (χ0) is 12.7. The monoisotopic (exact) mass is 235 g/mol. The van der Waals surface area contributed by atoms with Crippen molar-refractivity contribution < 1.29 is 9.53 Å². The number of carbonyl (C=O) groups excluding carboxylic acids is 1. The summed E-state index contributed by atoms with van der Waals surface area (Å²) in [5.41, 5.74) is 2.11. The van der Waals surface area contributed by atoms with Gasteiger partial charge in [0.05, 0.1) is 6.61 Å². The molecule has 0 aromatic heterocycles. The molecule has 94 valence electrons. The van der Waals surface area contributed by atoms with Gasteiger partial charge >= 0.3 is 5.97 Å². The second kappa shape index (κ2) is 7.07. The van der Waals surface area contributed by atoms with Crippen LogP contribution in [0.2, 0.25) is 0 Å². The Hall–Kier alpha value is -1.35. The Morgan fingerprint density at radius 2 is 2.06 bits per heavy atom. The van der Waals surface area contributed by atoms with E-state index in [0.717, 1.165) is 24.1 Å². The van der Waals surface area contributed by atoms with Crippen molar-refractivity contribution in [3.05, 3.63) is 35.4 Å². The standard InChI is InChI=1S/C14H21NO2/c1-4-10-15-13(14(16)17-5-2)12-9-7-6-8-11(12)3/h6-9,13,15H,4-5,10H2,1-3H3. The molecule has 1 rings (SSSR count). The minimum absolute atomic E-state index is 0.199. The highest BCUT2D eigenvalue weighted by atomic mass is 16.5. The summed E-state index contributed by atoms with van der Waals surface area (Å²) in [5, 5.41) is 3.24. The van der Waals surface area contributed by atoms with Crippen LogP contribution in [0.15, 0.2) is 24.3 Å². The molecule has 0 spiro atoms. The maximum Gasteiger partial charge on any atom is 0.327 e. The van der Waals surface area contributed by atoms with E-state index in [4.69, 9.17) is 4.74 Å². The van der Waals surface area contributed by atoms with E-state index in [1.807, 2.05) is 38.1 Å². The van der Waals surface area contributed by atoms with Crippen molar-refractivity contribution in [2.45, 2.75) is 33.2 Å². The first-order valence-electron chi connectivity index (χ1n) is 6.16. The Labute approximate surface area is 103 Å². The maximum atomic E-state index is 11.9. The summed E-state index contributed by atoms with van der Waals surface area (Å²) in [6.45, 7) is 7.13. The molecule has 0 amide bonds. The normalized spacial score (nSPS) is 12.2. The highest BCUT2D eigenvalue weighted by Crippen LogP contribution is 2.18. The average Bonchev–Trinajstić information content (AvgIpc) is 2.32. The third kappa shape index (κ3) is 3.86. The molecule has 1 atom stereocenters. The van der Waals surface area contributed by atoms with Gasteiger partial charge < -0.3 is 10.1 Å². The van der Waals surface area contributed by atoms with E-state index in [0.29, 0.717) is 6.61 Å². The second-order valence-electron chi connectivity index (χ2n) is 4.00. The van der Waals surface area contributed by atoms with Crippen LogP contribution in [0.5, 0.6) is 0 Å². The smallest absolute Gasteiger partial charge is 0.327 e. The van der Waals surface area contributed by atoms with Crippen LogP contribution in [0, 0.1) is 6.92 Å². The van der Waals surface area contributed by atoms with Crippen molar-refractivity contribution in [3.63, 3.8) is 0 Å². The first kappa shape index (κ1) is 13.7. The molecule has 0 saturated heterocycles. The topological polar surface area (TPSA) is 38.3 Å². The van der Waals surface area contributed by atoms with Gasteiger partial charge in [-0.3, -0.25) is 0 Å². The molecule has 1 N–H and O–H groups in total. The summed E-state index contributed by atoms with van der Waals surface area (Å²) in [5.74, 6) is -0.199. The molecule has 1 aromatic carbocycles. The van der Waals surface area contributed by atoms with E-state index >= 15 is 0 Å². The molecule has 0 radical (unpaired) electrons. The van der Waals surface area contributed by atoms with Crippen molar-refractivity contribution >= 4 is 5.97 Å². The van der Waals surface area contributed by atoms with Crippen LogP contribution < -0.4 is 5.32 Å². The molecule has 17 heavy (non-hydrogen) atoms. The van der Waals surface area contributed by atoms with Crippen molar-refractivity contribution in [2.24, 2.45) is 0 Å². The Bertz CT molecular complexity index is 363. The lowest BCUT2D eigenvalue weighted by molar-refractivity contribution is -0.145. The number of aryl methyl sites for hydroxylation is 1. The Morgan fingerprint density at radius 1 is 1.35 bits per heavy atom. The van der Waals surface area contributed by atoms with Gasteiger partial charge in [-0.15, -0.1) is 0 Å². The van der Waals surface area contributed by atoms with Gasteiger partial charge in [-0.25, -0.2) is 4.79 Å². The number of esters is 1. The molecule has 1 aromatic rings. The summed E-state index contributed by atoms with van der Waals surface area (Å²) in [6.07, 6.45) is 0.988. The van der Waals surface area contributed by atoms with E-state index < -0.39 is 0 Å². The van der Waals surface area contributed by atoms with Gasteiger partial charge in [0.1, 0.15) is 6.04 Å². The average molecular weight is 235 g/mol. The molecule has 3 nitrogen and oxygen atoms in total. The minimum atomic E-state index is -0.351. The molecule has 0 aliphatic rings. The van der Waals surface area contributed by atoms with E-state index in [1.54, 1.807) is 0 Å². The highest BCUT2D eigenvalue weighted by Gasteiger charge is 2.22. The number of nitrogens with one attached hydrogen (secondary N) is 1. The highest BCUT2D eigenvalue weighted by molar-refractivity contribution is 5.78. The molecule has 3 heteroatoms. The van der Waals surface area contributed by atoms with Crippen LogP contribution >= 0.6 is 0 Å². The molecule has 0 heterocycles. The van der Waals surface area contributed by atoms with Crippen LogP contribution in [0.4, 0.5) is 0 Å². The van der Waals surface area contributed by atoms with E-state index in [-0.39, 0.29) is 12.0 Å². The van der Waals surface area contributed by atoms with E-state index in [1.165, 1.54) is 0 Å². The molecular weight excluding hydrogens is 214 g/mol. The van der Waals surface area contributed by atoms with Gasteiger partial charge in [0.2, 0.25) is 0 Å². The minimum Gasteiger partial charge on any atom is -0.465 e. The Morgan fingerprint density at radius 3 is 2.65 bits per heavy atom.